The van der Waals surface area contributed by atoms with Crippen LogP contribution in [-0.4, -0.2) is 57.9 Å². The van der Waals surface area contributed by atoms with E-state index >= 15 is 0 Å². The number of hydrogen-bond acceptors (Lipinski definition) is 4. The second-order valence-corrected chi connectivity index (χ2v) is 7.22. The summed E-state index contributed by atoms with van der Waals surface area (Å²) < 4.78 is 0.749. The quantitative estimate of drug-likeness (QED) is 0.801. The lowest BCUT2D eigenvalue weighted by molar-refractivity contribution is -0.152. The number of amides is 3. The molecular weight excluding hydrogens is 364 g/mol. The van der Waals surface area contributed by atoms with Crippen LogP contribution in [0.2, 0.25) is 0 Å². The van der Waals surface area contributed by atoms with Crippen LogP contribution in [0, 0.1) is 0 Å². The molecule has 23 heavy (non-hydrogen) atoms. The molecular formula is C16H17BrN2O4. The summed E-state index contributed by atoms with van der Waals surface area (Å²) in [4.78, 5) is 39.2. The Labute approximate surface area is 142 Å². The fourth-order valence-electron chi connectivity index (χ4n) is 2.96. The number of β-amino-alcohol motifs (C(OH)–C–C–N with tert-alkyl or cyclic N) is 1. The van der Waals surface area contributed by atoms with Gasteiger partial charge in [0, 0.05) is 17.4 Å². The number of fused-ring (bicyclic) bond motifs is 1. The molecule has 1 fully saturated rings. The Hall–Kier alpha value is -1.73. The maximum atomic E-state index is 12.3. The highest BCUT2D eigenvalue weighted by atomic mass is 79.9. The number of hydrogen-bond donors (Lipinski definition) is 1. The van der Waals surface area contributed by atoms with E-state index in [1.54, 1.807) is 30.0 Å². The predicted molar refractivity (Wildman–Crippen MR) is 85.9 cm³/mol. The molecule has 2 aliphatic heterocycles. The zero-order valence-electron chi connectivity index (χ0n) is 12.7. The van der Waals surface area contributed by atoms with Crippen molar-refractivity contribution in [2.24, 2.45) is 0 Å². The molecule has 0 bridgehead atoms. The van der Waals surface area contributed by atoms with Crippen LogP contribution in [0.15, 0.2) is 22.7 Å². The van der Waals surface area contributed by atoms with Crippen molar-refractivity contribution in [2.75, 3.05) is 19.6 Å². The third-order valence-corrected chi connectivity index (χ3v) is 4.61. The number of rotatable bonds is 4. The van der Waals surface area contributed by atoms with Gasteiger partial charge in [-0.05, 0) is 31.5 Å². The van der Waals surface area contributed by atoms with E-state index in [9.17, 15) is 19.5 Å². The lowest BCUT2D eigenvalue weighted by atomic mass is 9.96. The molecule has 1 saturated heterocycles. The zero-order chi connectivity index (χ0) is 16.8. The van der Waals surface area contributed by atoms with Gasteiger partial charge in [-0.25, -0.2) is 0 Å². The molecule has 3 amide bonds. The van der Waals surface area contributed by atoms with Crippen LogP contribution in [0.1, 0.15) is 40.5 Å². The van der Waals surface area contributed by atoms with Gasteiger partial charge in [-0.3, -0.25) is 19.3 Å². The molecule has 2 aliphatic rings. The van der Waals surface area contributed by atoms with Gasteiger partial charge in [0.2, 0.25) is 5.91 Å². The molecule has 122 valence electrons. The van der Waals surface area contributed by atoms with Crippen molar-refractivity contribution in [3.8, 4) is 0 Å². The molecule has 0 atom stereocenters. The van der Waals surface area contributed by atoms with E-state index in [1.807, 2.05) is 0 Å². The Balaban J connectivity index is 1.55. The molecule has 0 aliphatic carbocycles. The van der Waals surface area contributed by atoms with Crippen LogP contribution >= 0.6 is 15.9 Å². The monoisotopic (exact) mass is 380 g/mol. The van der Waals surface area contributed by atoms with Crippen molar-refractivity contribution in [2.45, 2.75) is 25.4 Å². The molecule has 0 aromatic heterocycles. The Morgan fingerprint density at radius 2 is 1.91 bits per heavy atom. The highest BCUT2D eigenvalue weighted by Crippen LogP contribution is 2.26. The van der Waals surface area contributed by atoms with Gasteiger partial charge in [-0.1, -0.05) is 15.9 Å². The zero-order valence-corrected chi connectivity index (χ0v) is 14.3. The van der Waals surface area contributed by atoms with Crippen molar-refractivity contribution in [3.05, 3.63) is 33.8 Å². The Bertz CT molecular complexity index is 693. The average molecular weight is 381 g/mol. The second-order valence-electron chi connectivity index (χ2n) is 6.30. The van der Waals surface area contributed by atoms with Crippen LogP contribution in [0.5, 0.6) is 0 Å². The summed E-state index contributed by atoms with van der Waals surface area (Å²) in [5.74, 6) is -0.682. The Kier molecular flexibility index (Phi) is 4.01. The van der Waals surface area contributed by atoms with E-state index in [2.05, 4.69) is 15.9 Å². The minimum atomic E-state index is -0.786. The molecule has 0 radical (unpaired) electrons. The lowest BCUT2D eigenvalue weighted by Gasteiger charge is -2.44. The van der Waals surface area contributed by atoms with Crippen molar-refractivity contribution in [1.82, 2.24) is 9.80 Å². The SMILES string of the molecule is CC1(O)CN(C(=O)CCCN2C(=O)c3ccc(Br)cc3C2=O)C1. The summed E-state index contributed by atoms with van der Waals surface area (Å²) in [6, 6.07) is 5.00. The summed E-state index contributed by atoms with van der Waals surface area (Å²) in [5, 5.41) is 9.63. The first kappa shape index (κ1) is 16.1. The van der Waals surface area contributed by atoms with Crippen molar-refractivity contribution in [3.63, 3.8) is 0 Å². The first-order valence-corrected chi connectivity index (χ1v) is 8.24. The summed E-state index contributed by atoms with van der Waals surface area (Å²) in [5.41, 5.74) is 0.0174. The minimum absolute atomic E-state index is 0.0594. The number of benzene rings is 1. The molecule has 0 spiro atoms. The largest absolute Gasteiger partial charge is 0.386 e. The number of imide groups is 1. The third kappa shape index (κ3) is 3.03. The molecule has 1 aromatic carbocycles. The standard InChI is InChI=1S/C16H17BrN2O4/c1-16(23)8-18(9-16)13(20)3-2-6-19-14(21)11-5-4-10(17)7-12(11)15(19)22/h4-5,7,23H,2-3,6,8-9H2,1H3. The van der Waals surface area contributed by atoms with Crippen LogP contribution in [0.4, 0.5) is 0 Å². The highest BCUT2D eigenvalue weighted by molar-refractivity contribution is 9.10. The predicted octanol–water partition coefficient (Wildman–Crippen LogP) is 1.42. The summed E-state index contributed by atoms with van der Waals surface area (Å²) in [6.07, 6.45) is 0.678. The Morgan fingerprint density at radius 3 is 2.57 bits per heavy atom. The number of aliphatic hydroxyl groups is 1. The number of carbonyl (C=O) groups is 3. The van der Waals surface area contributed by atoms with E-state index in [-0.39, 0.29) is 30.7 Å². The van der Waals surface area contributed by atoms with Gasteiger partial charge in [-0.15, -0.1) is 0 Å². The van der Waals surface area contributed by atoms with E-state index in [1.165, 1.54) is 4.90 Å². The maximum absolute atomic E-state index is 12.3. The Morgan fingerprint density at radius 1 is 1.26 bits per heavy atom. The first-order valence-electron chi connectivity index (χ1n) is 7.44. The molecule has 3 rings (SSSR count). The van der Waals surface area contributed by atoms with Gasteiger partial charge in [-0.2, -0.15) is 0 Å². The van der Waals surface area contributed by atoms with Crippen LogP contribution in [-0.2, 0) is 4.79 Å². The van der Waals surface area contributed by atoms with Crippen molar-refractivity contribution >= 4 is 33.7 Å². The number of nitrogens with zero attached hydrogens (tertiary/aromatic N) is 2. The molecule has 0 unspecified atom stereocenters. The third-order valence-electron chi connectivity index (χ3n) is 4.12. The first-order chi connectivity index (χ1) is 10.8. The van der Waals surface area contributed by atoms with E-state index in [4.69, 9.17) is 0 Å². The van der Waals surface area contributed by atoms with E-state index in [0.717, 1.165) is 4.47 Å². The van der Waals surface area contributed by atoms with Gasteiger partial charge in [0.25, 0.3) is 11.8 Å². The number of likely N-dealkylation sites (tertiary alicyclic amines) is 1. The van der Waals surface area contributed by atoms with Gasteiger partial charge < -0.3 is 10.0 Å². The summed E-state index contributed by atoms with van der Waals surface area (Å²) in [7, 11) is 0. The van der Waals surface area contributed by atoms with Gasteiger partial charge >= 0.3 is 0 Å². The van der Waals surface area contributed by atoms with Crippen LogP contribution in [0.3, 0.4) is 0 Å². The number of carbonyl (C=O) groups excluding carboxylic acids is 3. The lowest BCUT2D eigenvalue weighted by Crippen LogP contribution is -2.61. The molecule has 6 nitrogen and oxygen atoms in total. The molecule has 1 aromatic rings. The summed E-state index contributed by atoms with van der Waals surface area (Å²) >= 11 is 3.29. The topological polar surface area (TPSA) is 77.9 Å². The number of halogens is 1. The normalized spacial score (nSPS) is 18.9. The van der Waals surface area contributed by atoms with Gasteiger partial charge in [0.1, 0.15) is 0 Å². The van der Waals surface area contributed by atoms with E-state index in [0.29, 0.717) is 30.6 Å². The molecule has 2 heterocycles. The summed E-state index contributed by atoms with van der Waals surface area (Å²) in [6.45, 7) is 2.59. The van der Waals surface area contributed by atoms with Gasteiger partial charge in [0.15, 0.2) is 0 Å². The maximum Gasteiger partial charge on any atom is 0.261 e. The average Bonchev–Trinajstić information content (AvgIpc) is 2.69. The van der Waals surface area contributed by atoms with Gasteiger partial charge in [0.05, 0.1) is 29.8 Å². The molecule has 1 N–H and O–H groups in total. The smallest absolute Gasteiger partial charge is 0.261 e. The molecule has 0 saturated carbocycles. The van der Waals surface area contributed by atoms with E-state index < -0.39 is 5.60 Å². The fraction of sp³-hybridized carbons (Fsp3) is 0.438. The second kappa shape index (κ2) is 5.72. The van der Waals surface area contributed by atoms with Crippen LogP contribution in [0.25, 0.3) is 0 Å². The highest BCUT2D eigenvalue weighted by Gasteiger charge is 2.39. The van der Waals surface area contributed by atoms with Crippen molar-refractivity contribution < 1.29 is 19.5 Å². The van der Waals surface area contributed by atoms with Crippen LogP contribution < -0.4 is 0 Å². The van der Waals surface area contributed by atoms with Crippen molar-refractivity contribution in [1.29, 1.82) is 0 Å². The fourth-order valence-corrected chi connectivity index (χ4v) is 3.33. The minimum Gasteiger partial charge on any atom is -0.386 e. The molecule has 7 heteroatoms.